The molecule has 2 aromatic rings. The molecule has 4 nitrogen and oxygen atoms in total. The number of Topliss-reactive ketones (excluding diaryl/α,β-unsaturated/α-hetero) is 2. The summed E-state index contributed by atoms with van der Waals surface area (Å²) in [5, 5.41) is 0. The third kappa shape index (κ3) is 7.87. The van der Waals surface area contributed by atoms with Crippen molar-refractivity contribution < 1.29 is 19.1 Å². The monoisotopic (exact) mass is 432 g/mol. The van der Waals surface area contributed by atoms with Crippen molar-refractivity contribution in [2.45, 2.75) is 39.5 Å². The van der Waals surface area contributed by atoms with Gasteiger partial charge in [-0.2, -0.15) is 0 Å². The second-order valence-electron chi connectivity index (χ2n) is 5.92. The molecule has 0 aromatic heterocycles. The Kier molecular flexibility index (Phi) is 10.3. The van der Waals surface area contributed by atoms with Crippen molar-refractivity contribution in [3.63, 3.8) is 0 Å². The summed E-state index contributed by atoms with van der Waals surface area (Å²) in [5.74, 6) is -0.0524. The molecule has 0 unspecified atom stereocenters. The van der Waals surface area contributed by atoms with Crippen molar-refractivity contribution in [2.24, 2.45) is 0 Å². The third-order valence-electron chi connectivity index (χ3n) is 3.75. The molecule has 0 atom stereocenters. The smallest absolute Gasteiger partial charge is 0.337 e. The fourth-order valence-electron chi connectivity index (χ4n) is 2.29. The molecule has 0 amide bonds. The lowest BCUT2D eigenvalue weighted by Crippen LogP contribution is -2.03. The topological polar surface area (TPSA) is 60.4 Å². The number of esters is 1. The van der Waals surface area contributed by atoms with Crippen LogP contribution in [0.5, 0.6) is 0 Å². The van der Waals surface area contributed by atoms with Crippen molar-refractivity contribution >= 4 is 33.5 Å². The highest BCUT2D eigenvalue weighted by molar-refractivity contribution is 9.10. The maximum atomic E-state index is 11.5. The van der Waals surface area contributed by atoms with Gasteiger partial charge in [0, 0.05) is 28.4 Å². The molecule has 144 valence electrons. The van der Waals surface area contributed by atoms with E-state index in [9.17, 15) is 14.4 Å². The van der Waals surface area contributed by atoms with Crippen LogP contribution in [0.2, 0.25) is 0 Å². The number of carbonyl (C=O) groups excluding carboxylic acids is 3. The van der Waals surface area contributed by atoms with Gasteiger partial charge in [-0.3, -0.25) is 9.59 Å². The molecule has 0 aliphatic rings. The van der Waals surface area contributed by atoms with Crippen LogP contribution in [0.4, 0.5) is 0 Å². The molecule has 27 heavy (non-hydrogen) atoms. The van der Waals surface area contributed by atoms with Gasteiger partial charge in [0.15, 0.2) is 11.6 Å². The Morgan fingerprint density at radius 2 is 1.11 bits per heavy atom. The summed E-state index contributed by atoms with van der Waals surface area (Å²) in [6.45, 7) is 3.97. The van der Waals surface area contributed by atoms with Crippen molar-refractivity contribution in [2.75, 3.05) is 7.11 Å². The second kappa shape index (κ2) is 12.2. The van der Waals surface area contributed by atoms with Crippen molar-refractivity contribution in [1.29, 1.82) is 0 Å². The fourth-order valence-corrected chi connectivity index (χ4v) is 2.55. The first-order valence-electron chi connectivity index (χ1n) is 8.93. The minimum Gasteiger partial charge on any atom is -0.465 e. The van der Waals surface area contributed by atoms with Gasteiger partial charge in [0.25, 0.3) is 0 Å². The molecule has 2 rings (SSSR count). The first-order chi connectivity index (χ1) is 12.9. The molecular weight excluding hydrogens is 408 g/mol. The normalized spacial score (nSPS) is 9.78. The highest BCUT2D eigenvalue weighted by Crippen LogP contribution is 2.12. The minimum absolute atomic E-state index is 0.105. The number of ether oxygens (including phenoxy) is 1. The van der Waals surface area contributed by atoms with Crippen LogP contribution in [0.1, 0.15) is 70.6 Å². The van der Waals surface area contributed by atoms with Crippen molar-refractivity contribution in [3.8, 4) is 0 Å². The Hall–Kier alpha value is -2.27. The second-order valence-corrected chi connectivity index (χ2v) is 6.84. The molecule has 0 saturated carbocycles. The van der Waals surface area contributed by atoms with E-state index in [0.29, 0.717) is 24.0 Å². The summed E-state index contributed by atoms with van der Waals surface area (Å²) < 4.78 is 5.57. The van der Waals surface area contributed by atoms with Gasteiger partial charge >= 0.3 is 5.97 Å². The lowest BCUT2D eigenvalue weighted by atomic mass is 10.1. The zero-order valence-corrected chi connectivity index (χ0v) is 17.5. The van der Waals surface area contributed by atoms with E-state index in [0.717, 1.165) is 22.9 Å². The Morgan fingerprint density at radius 1 is 0.741 bits per heavy atom. The van der Waals surface area contributed by atoms with Crippen LogP contribution in [0.25, 0.3) is 0 Å². The number of benzene rings is 2. The molecule has 0 radical (unpaired) electrons. The quantitative estimate of drug-likeness (QED) is 0.404. The third-order valence-corrected chi connectivity index (χ3v) is 4.28. The Labute approximate surface area is 169 Å². The number of methoxy groups -OCH3 is 1. The zero-order chi connectivity index (χ0) is 20.2. The van der Waals surface area contributed by atoms with E-state index in [4.69, 9.17) is 0 Å². The van der Waals surface area contributed by atoms with Gasteiger partial charge < -0.3 is 4.74 Å². The van der Waals surface area contributed by atoms with E-state index < -0.39 is 0 Å². The zero-order valence-electron chi connectivity index (χ0n) is 16.0. The molecule has 0 aliphatic heterocycles. The number of hydrogen-bond acceptors (Lipinski definition) is 4. The van der Waals surface area contributed by atoms with Gasteiger partial charge in [-0.25, -0.2) is 4.79 Å². The molecule has 0 spiro atoms. The highest BCUT2D eigenvalue weighted by Gasteiger charge is 2.07. The molecule has 0 heterocycles. The van der Waals surface area contributed by atoms with E-state index in [1.54, 1.807) is 24.3 Å². The van der Waals surface area contributed by atoms with E-state index in [-0.39, 0.29) is 17.5 Å². The fraction of sp³-hybridized carbons (Fsp3) is 0.318. The number of ketones is 2. The predicted octanol–water partition coefficient (Wildman–Crippen LogP) is 5.89. The maximum Gasteiger partial charge on any atom is 0.337 e. The Balaban J connectivity index is 0.000000277. The van der Waals surface area contributed by atoms with Gasteiger partial charge in [-0.1, -0.05) is 54.0 Å². The first kappa shape index (κ1) is 22.8. The van der Waals surface area contributed by atoms with Crippen LogP contribution < -0.4 is 0 Å². The number of hydrogen-bond donors (Lipinski definition) is 0. The summed E-state index contributed by atoms with van der Waals surface area (Å²) in [6.07, 6.45) is 2.92. The molecule has 5 heteroatoms. The van der Waals surface area contributed by atoms with Crippen molar-refractivity contribution in [1.82, 2.24) is 0 Å². The van der Waals surface area contributed by atoms with E-state index in [1.165, 1.54) is 7.11 Å². The molecule has 0 saturated heterocycles. The van der Waals surface area contributed by atoms with Crippen LogP contribution >= 0.6 is 15.9 Å². The van der Waals surface area contributed by atoms with Gasteiger partial charge in [-0.15, -0.1) is 0 Å². The van der Waals surface area contributed by atoms with Crippen LogP contribution in [0.3, 0.4) is 0 Å². The van der Waals surface area contributed by atoms with Crippen LogP contribution in [-0.4, -0.2) is 24.6 Å². The summed E-state index contributed by atoms with van der Waals surface area (Å²) in [4.78, 5) is 33.9. The molecule has 0 fully saturated rings. The minimum atomic E-state index is -0.385. The van der Waals surface area contributed by atoms with Gasteiger partial charge in [-0.05, 0) is 37.1 Å². The SMILES string of the molecule is CCCC(=O)c1ccc(Br)cc1.CCCC(=O)c1ccc(C(=O)OC)cc1. The summed E-state index contributed by atoms with van der Waals surface area (Å²) in [5.41, 5.74) is 1.91. The predicted molar refractivity (Wildman–Crippen MR) is 110 cm³/mol. The van der Waals surface area contributed by atoms with E-state index in [2.05, 4.69) is 20.7 Å². The lowest BCUT2D eigenvalue weighted by Gasteiger charge is -2.01. The van der Waals surface area contributed by atoms with Gasteiger partial charge in [0.05, 0.1) is 12.7 Å². The van der Waals surface area contributed by atoms with Gasteiger partial charge in [0.1, 0.15) is 0 Å². The molecule has 0 bridgehead atoms. The Bertz CT molecular complexity index is 749. The average molecular weight is 433 g/mol. The lowest BCUT2D eigenvalue weighted by molar-refractivity contribution is 0.0600. The van der Waals surface area contributed by atoms with Crippen molar-refractivity contribution in [3.05, 3.63) is 69.7 Å². The average Bonchev–Trinajstić information content (AvgIpc) is 2.69. The maximum absolute atomic E-state index is 11.5. The number of halogens is 1. The summed E-state index contributed by atoms with van der Waals surface area (Å²) in [7, 11) is 1.33. The highest BCUT2D eigenvalue weighted by atomic mass is 79.9. The van der Waals surface area contributed by atoms with E-state index in [1.807, 2.05) is 38.1 Å². The standard InChI is InChI=1S/C12H14O3.C10H11BrO/c1-3-4-11(13)9-5-7-10(8-6-9)12(14)15-2;1-2-3-10(12)8-4-6-9(11)7-5-8/h5-8H,3-4H2,1-2H3;4-7H,2-3H2,1H3. The Morgan fingerprint density at radius 3 is 1.48 bits per heavy atom. The molecule has 2 aromatic carbocycles. The van der Waals surface area contributed by atoms with Crippen LogP contribution in [0, 0.1) is 0 Å². The molecule has 0 N–H and O–H groups in total. The first-order valence-corrected chi connectivity index (χ1v) is 9.72. The van der Waals surface area contributed by atoms with E-state index >= 15 is 0 Å². The molecule has 0 aliphatic carbocycles. The molecular formula is C22H25BrO4. The number of carbonyl (C=O) groups is 3. The van der Waals surface area contributed by atoms with Crippen LogP contribution in [-0.2, 0) is 4.74 Å². The summed E-state index contributed by atoms with van der Waals surface area (Å²) >= 11 is 3.32. The van der Waals surface area contributed by atoms with Crippen LogP contribution in [0.15, 0.2) is 53.0 Å². The number of rotatable bonds is 7. The summed E-state index contributed by atoms with van der Waals surface area (Å²) in [6, 6.07) is 14.0. The van der Waals surface area contributed by atoms with Gasteiger partial charge in [0.2, 0.25) is 0 Å². The largest absolute Gasteiger partial charge is 0.465 e.